The van der Waals surface area contributed by atoms with Crippen LogP contribution in [-0.4, -0.2) is 41.5 Å². The molecule has 0 radical (unpaired) electrons. The molecule has 0 bridgehead atoms. The predicted octanol–water partition coefficient (Wildman–Crippen LogP) is 2.52. The molecule has 1 heterocycles. The van der Waals surface area contributed by atoms with Gasteiger partial charge >= 0.3 is 0 Å². The Hall–Kier alpha value is -0.870. The van der Waals surface area contributed by atoms with Crippen molar-refractivity contribution < 1.29 is 0 Å². The van der Waals surface area contributed by atoms with E-state index in [4.69, 9.17) is 11.6 Å². The van der Waals surface area contributed by atoms with Crippen molar-refractivity contribution in [2.45, 2.75) is 26.3 Å². The fourth-order valence-corrected chi connectivity index (χ4v) is 1.96. The Morgan fingerprint density at radius 3 is 2.59 bits per heavy atom. The minimum Gasteiger partial charge on any atom is -0.365 e. The summed E-state index contributed by atoms with van der Waals surface area (Å²) >= 11 is 5.82. The second-order valence-corrected chi connectivity index (χ2v) is 5.35. The maximum atomic E-state index is 5.82. The van der Waals surface area contributed by atoms with Crippen molar-refractivity contribution >= 4 is 17.4 Å². The first kappa shape index (κ1) is 14.2. The number of hydrogen-bond donors (Lipinski definition) is 1. The highest BCUT2D eigenvalue weighted by Crippen LogP contribution is 2.13. The van der Waals surface area contributed by atoms with Crippen molar-refractivity contribution in [1.82, 2.24) is 14.9 Å². The lowest BCUT2D eigenvalue weighted by Crippen LogP contribution is -2.33. The number of aromatic nitrogens is 2. The van der Waals surface area contributed by atoms with Crippen LogP contribution in [0, 0.1) is 5.92 Å². The molecule has 0 aliphatic carbocycles. The third-order valence-corrected chi connectivity index (χ3v) is 2.48. The largest absolute Gasteiger partial charge is 0.365 e. The van der Waals surface area contributed by atoms with Gasteiger partial charge in [0.25, 0.3) is 0 Å². The first-order chi connectivity index (χ1) is 7.97. The molecule has 1 unspecified atom stereocenters. The molecule has 0 spiro atoms. The van der Waals surface area contributed by atoms with Crippen molar-refractivity contribution in [3.8, 4) is 0 Å². The van der Waals surface area contributed by atoms with Crippen LogP contribution in [-0.2, 0) is 0 Å². The fraction of sp³-hybridized carbons (Fsp3) is 0.667. The number of hydrogen-bond acceptors (Lipinski definition) is 4. The van der Waals surface area contributed by atoms with Crippen LogP contribution in [0.3, 0.4) is 0 Å². The molecule has 4 nitrogen and oxygen atoms in total. The molecular formula is C12H21ClN4. The van der Waals surface area contributed by atoms with Crippen molar-refractivity contribution in [2.75, 3.05) is 26.0 Å². The Morgan fingerprint density at radius 1 is 1.35 bits per heavy atom. The molecule has 1 atom stereocenters. The van der Waals surface area contributed by atoms with Crippen molar-refractivity contribution in [3.63, 3.8) is 0 Å². The number of nitrogens with one attached hydrogen (secondary N) is 1. The minimum absolute atomic E-state index is 0.359. The van der Waals surface area contributed by atoms with E-state index in [0.717, 1.165) is 18.8 Å². The standard InChI is InChI=1S/C12H21ClN4/c1-9(2)5-10(8-17(3)4)15-12-7-14-6-11(13)16-12/h6-7,9-10H,5,8H2,1-4H3,(H,15,16). The molecule has 1 aromatic rings. The third kappa shape index (κ3) is 5.84. The van der Waals surface area contributed by atoms with Crippen LogP contribution in [0.5, 0.6) is 0 Å². The summed E-state index contributed by atoms with van der Waals surface area (Å²) in [5.41, 5.74) is 0. The van der Waals surface area contributed by atoms with Crippen LogP contribution >= 0.6 is 11.6 Å². The van der Waals surface area contributed by atoms with Gasteiger partial charge in [-0.2, -0.15) is 0 Å². The van der Waals surface area contributed by atoms with Gasteiger partial charge in [-0.15, -0.1) is 0 Å². The zero-order valence-electron chi connectivity index (χ0n) is 10.9. The normalized spacial score (nSPS) is 13.1. The molecule has 0 aliphatic rings. The first-order valence-electron chi connectivity index (χ1n) is 5.86. The number of rotatable bonds is 6. The van der Waals surface area contributed by atoms with Gasteiger partial charge in [-0.05, 0) is 26.4 Å². The highest BCUT2D eigenvalue weighted by atomic mass is 35.5. The summed E-state index contributed by atoms with van der Waals surface area (Å²) in [4.78, 5) is 10.4. The van der Waals surface area contributed by atoms with Gasteiger partial charge in [0.1, 0.15) is 11.0 Å². The van der Waals surface area contributed by atoms with Gasteiger partial charge in [0, 0.05) is 12.6 Å². The molecule has 1 N–H and O–H groups in total. The van der Waals surface area contributed by atoms with Gasteiger partial charge in [0.15, 0.2) is 0 Å². The molecule has 96 valence electrons. The molecule has 17 heavy (non-hydrogen) atoms. The van der Waals surface area contributed by atoms with Gasteiger partial charge < -0.3 is 10.2 Å². The maximum absolute atomic E-state index is 5.82. The minimum atomic E-state index is 0.359. The number of halogens is 1. The summed E-state index contributed by atoms with van der Waals surface area (Å²) in [7, 11) is 4.14. The Balaban J connectivity index is 2.64. The molecule has 0 fully saturated rings. The zero-order valence-corrected chi connectivity index (χ0v) is 11.7. The van der Waals surface area contributed by atoms with E-state index in [1.165, 1.54) is 6.20 Å². The summed E-state index contributed by atoms with van der Waals surface area (Å²) < 4.78 is 0. The highest BCUT2D eigenvalue weighted by molar-refractivity contribution is 6.29. The number of likely N-dealkylation sites (N-methyl/N-ethyl adjacent to an activating group) is 1. The Bertz CT molecular complexity index is 331. The smallest absolute Gasteiger partial charge is 0.149 e. The van der Waals surface area contributed by atoms with Crippen LogP contribution in [0.4, 0.5) is 5.82 Å². The Labute approximate surface area is 108 Å². The summed E-state index contributed by atoms with van der Waals surface area (Å²) in [6.45, 7) is 5.40. The van der Waals surface area contributed by atoms with E-state index in [2.05, 4.69) is 48.1 Å². The van der Waals surface area contributed by atoms with Crippen LogP contribution in [0.25, 0.3) is 0 Å². The molecule has 1 rings (SSSR count). The molecule has 0 amide bonds. The first-order valence-corrected chi connectivity index (χ1v) is 6.24. The van der Waals surface area contributed by atoms with Gasteiger partial charge in [0.2, 0.25) is 0 Å². The Kier molecular flexibility index (Phi) is 5.65. The Morgan fingerprint density at radius 2 is 2.06 bits per heavy atom. The van der Waals surface area contributed by atoms with E-state index >= 15 is 0 Å². The van der Waals surface area contributed by atoms with E-state index in [9.17, 15) is 0 Å². The van der Waals surface area contributed by atoms with E-state index < -0.39 is 0 Å². The molecule has 0 saturated heterocycles. The number of nitrogens with zero attached hydrogens (tertiary/aromatic N) is 3. The van der Waals surface area contributed by atoms with Crippen molar-refractivity contribution in [2.24, 2.45) is 5.92 Å². The van der Waals surface area contributed by atoms with Crippen LogP contribution in [0.15, 0.2) is 12.4 Å². The van der Waals surface area contributed by atoms with E-state index in [-0.39, 0.29) is 0 Å². The summed E-state index contributed by atoms with van der Waals surface area (Å²) in [5.74, 6) is 1.38. The third-order valence-electron chi connectivity index (χ3n) is 2.30. The van der Waals surface area contributed by atoms with E-state index in [1.807, 2.05) is 0 Å². The zero-order chi connectivity index (χ0) is 12.8. The van der Waals surface area contributed by atoms with Gasteiger partial charge in [-0.1, -0.05) is 25.4 Å². The van der Waals surface area contributed by atoms with Gasteiger partial charge in [-0.3, -0.25) is 4.98 Å². The highest BCUT2D eigenvalue weighted by Gasteiger charge is 2.12. The summed E-state index contributed by atoms with van der Waals surface area (Å²) in [6, 6.07) is 0.359. The van der Waals surface area contributed by atoms with Crippen molar-refractivity contribution in [1.29, 1.82) is 0 Å². The van der Waals surface area contributed by atoms with E-state index in [1.54, 1.807) is 6.20 Å². The maximum Gasteiger partial charge on any atom is 0.149 e. The van der Waals surface area contributed by atoms with Gasteiger partial charge in [-0.25, -0.2) is 4.98 Å². The lowest BCUT2D eigenvalue weighted by Gasteiger charge is -2.24. The fourth-order valence-electron chi connectivity index (χ4n) is 1.81. The monoisotopic (exact) mass is 256 g/mol. The second kappa shape index (κ2) is 6.77. The topological polar surface area (TPSA) is 41.0 Å². The summed E-state index contributed by atoms with van der Waals surface area (Å²) in [5, 5.41) is 3.80. The molecular weight excluding hydrogens is 236 g/mol. The van der Waals surface area contributed by atoms with Crippen LogP contribution < -0.4 is 5.32 Å². The molecule has 5 heteroatoms. The molecule has 0 aliphatic heterocycles. The molecule has 1 aromatic heterocycles. The van der Waals surface area contributed by atoms with Crippen molar-refractivity contribution in [3.05, 3.63) is 17.5 Å². The average molecular weight is 257 g/mol. The lowest BCUT2D eigenvalue weighted by atomic mass is 10.0. The van der Waals surface area contributed by atoms with Crippen LogP contribution in [0.2, 0.25) is 5.15 Å². The molecule has 0 saturated carbocycles. The summed E-state index contributed by atoms with van der Waals surface area (Å²) in [6.07, 6.45) is 4.33. The quantitative estimate of drug-likeness (QED) is 0.849. The average Bonchev–Trinajstić information content (AvgIpc) is 2.14. The van der Waals surface area contributed by atoms with Gasteiger partial charge in [0.05, 0.1) is 12.4 Å². The number of anilines is 1. The predicted molar refractivity (Wildman–Crippen MR) is 72.5 cm³/mol. The molecule has 0 aromatic carbocycles. The van der Waals surface area contributed by atoms with E-state index in [0.29, 0.717) is 17.1 Å². The lowest BCUT2D eigenvalue weighted by molar-refractivity contribution is 0.356. The van der Waals surface area contributed by atoms with Crippen LogP contribution in [0.1, 0.15) is 20.3 Å². The second-order valence-electron chi connectivity index (χ2n) is 4.96. The SMILES string of the molecule is CC(C)CC(CN(C)C)Nc1cncc(Cl)n1.